The van der Waals surface area contributed by atoms with E-state index >= 15 is 0 Å². The minimum atomic E-state index is -0.928. The van der Waals surface area contributed by atoms with Gasteiger partial charge in [-0.3, -0.25) is 0 Å². The second-order valence-electron chi connectivity index (χ2n) is 5.34. The topological polar surface area (TPSA) is 20.2 Å². The van der Waals surface area contributed by atoms with Gasteiger partial charge in [-0.1, -0.05) is 42.8 Å². The molecule has 0 aliphatic heterocycles. The molecule has 0 spiro atoms. The predicted octanol–water partition coefficient (Wildman–Crippen LogP) is 4.94. The zero-order valence-electron chi connectivity index (χ0n) is 11.0. The van der Waals surface area contributed by atoms with E-state index < -0.39 is 11.9 Å². The molecule has 0 aromatic heterocycles. The zero-order chi connectivity index (χ0) is 14.1. The second kappa shape index (κ2) is 5.66. The predicted molar refractivity (Wildman–Crippen MR) is 81.2 cm³/mol. The third-order valence-electron chi connectivity index (χ3n) is 4.10. The normalized spacial score (nSPS) is 16.8. The maximum Gasteiger partial charge on any atom is 0.143 e. The third kappa shape index (κ3) is 2.52. The van der Waals surface area contributed by atoms with Crippen molar-refractivity contribution in [1.82, 2.24) is 0 Å². The highest BCUT2D eigenvalue weighted by Gasteiger charge is 2.20. The molecule has 1 nitrogen and oxygen atoms in total. The van der Waals surface area contributed by atoms with Crippen molar-refractivity contribution < 1.29 is 9.50 Å². The molecule has 3 heteroatoms. The summed E-state index contributed by atoms with van der Waals surface area (Å²) in [7, 11) is 0. The van der Waals surface area contributed by atoms with E-state index in [1.165, 1.54) is 24.8 Å². The fourth-order valence-electron chi connectivity index (χ4n) is 2.60. The largest absolute Gasteiger partial charge is 0.384 e. The van der Waals surface area contributed by atoms with E-state index in [0.29, 0.717) is 16.0 Å². The maximum atomic E-state index is 14.0. The van der Waals surface area contributed by atoms with Crippen LogP contribution in [0.1, 0.15) is 48.0 Å². The first-order valence-electron chi connectivity index (χ1n) is 6.88. The lowest BCUT2D eigenvalue weighted by Crippen LogP contribution is -2.09. The van der Waals surface area contributed by atoms with Crippen LogP contribution in [-0.4, -0.2) is 5.11 Å². The van der Waals surface area contributed by atoms with Crippen LogP contribution in [0.4, 0.5) is 4.39 Å². The third-order valence-corrected chi connectivity index (χ3v) is 4.72. The van der Waals surface area contributed by atoms with Crippen LogP contribution in [0.3, 0.4) is 0 Å². The highest BCUT2D eigenvalue weighted by Crippen LogP contribution is 2.37. The van der Waals surface area contributed by atoms with Gasteiger partial charge in [-0.2, -0.15) is 0 Å². The Hall–Kier alpha value is -1.19. The molecule has 0 amide bonds. The Morgan fingerprint density at radius 3 is 2.40 bits per heavy atom. The Bertz CT molecular complexity index is 605. The first-order chi connectivity index (χ1) is 9.66. The summed E-state index contributed by atoms with van der Waals surface area (Å²) >= 11 is 3.15. The summed E-state index contributed by atoms with van der Waals surface area (Å²) in [6.45, 7) is 0. The first-order valence-corrected chi connectivity index (χ1v) is 7.68. The SMILES string of the molecule is OC(c1ccc(C2CCC2)cc1)c1cccc(Br)c1F. The molecule has 0 bridgehead atoms. The molecule has 104 valence electrons. The van der Waals surface area contributed by atoms with E-state index in [-0.39, 0.29) is 0 Å². The molecule has 3 rings (SSSR count). The lowest BCUT2D eigenvalue weighted by atomic mass is 9.80. The highest BCUT2D eigenvalue weighted by atomic mass is 79.9. The van der Waals surface area contributed by atoms with E-state index in [1.807, 2.05) is 12.1 Å². The molecule has 1 N–H and O–H groups in total. The Kier molecular flexibility index (Phi) is 3.90. The molecule has 1 aliphatic rings. The number of halogens is 2. The van der Waals surface area contributed by atoms with Gasteiger partial charge in [0.2, 0.25) is 0 Å². The molecule has 0 radical (unpaired) electrons. The van der Waals surface area contributed by atoms with Crippen LogP contribution in [0.2, 0.25) is 0 Å². The summed E-state index contributed by atoms with van der Waals surface area (Å²) in [5.74, 6) is 0.270. The van der Waals surface area contributed by atoms with Crippen LogP contribution in [0, 0.1) is 5.82 Å². The van der Waals surface area contributed by atoms with Crippen molar-refractivity contribution in [2.75, 3.05) is 0 Å². The standard InChI is InChI=1S/C17H16BrFO/c18-15-6-2-5-14(16(15)19)17(20)13-9-7-12(8-10-13)11-3-1-4-11/h2,5-11,17,20H,1,3-4H2. The van der Waals surface area contributed by atoms with E-state index in [9.17, 15) is 9.50 Å². The van der Waals surface area contributed by atoms with Crippen LogP contribution < -0.4 is 0 Å². The number of rotatable bonds is 3. The number of hydrogen-bond acceptors (Lipinski definition) is 1. The van der Waals surface area contributed by atoms with E-state index in [4.69, 9.17) is 0 Å². The van der Waals surface area contributed by atoms with Crippen molar-refractivity contribution in [3.63, 3.8) is 0 Å². The van der Waals surface area contributed by atoms with Crippen molar-refractivity contribution >= 4 is 15.9 Å². The average molecular weight is 335 g/mol. The fraction of sp³-hybridized carbons (Fsp3) is 0.294. The second-order valence-corrected chi connectivity index (χ2v) is 6.19. The number of aliphatic hydroxyl groups is 1. The van der Waals surface area contributed by atoms with Gasteiger partial charge < -0.3 is 5.11 Å². The molecule has 1 fully saturated rings. The highest BCUT2D eigenvalue weighted by molar-refractivity contribution is 9.10. The van der Waals surface area contributed by atoms with Gasteiger partial charge in [-0.15, -0.1) is 0 Å². The van der Waals surface area contributed by atoms with Crippen molar-refractivity contribution in [3.05, 3.63) is 69.4 Å². The van der Waals surface area contributed by atoms with Crippen molar-refractivity contribution in [1.29, 1.82) is 0 Å². The molecule has 1 atom stereocenters. The minimum Gasteiger partial charge on any atom is -0.384 e. The number of aliphatic hydroxyl groups excluding tert-OH is 1. The van der Waals surface area contributed by atoms with E-state index in [1.54, 1.807) is 18.2 Å². The Balaban J connectivity index is 1.86. The van der Waals surface area contributed by atoms with Gasteiger partial charge in [-0.05, 0) is 51.9 Å². The molecule has 0 saturated heterocycles. The van der Waals surface area contributed by atoms with Gasteiger partial charge in [-0.25, -0.2) is 4.39 Å². The van der Waals surface area contributed by atoms with Gasteiger partial charge in [0, 0.05) is 5.56 Å². The zero-order valence-corrected chi connectivity index (χ0v) is 12.6. The van der Waals surface area contributed by atoms with Crippen molar-refractivity contribution in [2.24, 2.45) is 0 Å². The van der Waals surface area contributed by atoms with Crippen molar-refractivity contribution in [3.8, 4) is 0 Å². The van der Waals surface area contributed by atoms with Crippen LogP contribution >= 0.6 is 15.9 Å². The Morgan fingerprint density at radius 1 is 1.10 bits per heavy atom. The molecular weight excluding hydrogens is 319 g/mol. The number of hydrogen-bond donors (Lipinski definition) is 1. The molecule has 20 heavy (non-hydrogen) atoms. The summed E-state index contributed by atoms with van der Waals surface area (Å²) in [6.07, 6.45) is 2.88. The number of benzene rings is 2. The Labute approximate surface area is 126 Å². The van der Waals surface area contributed by atoms with E-state index in [0.717, 1.165) is 5.56 Å². The summed E-state index contributed by atoms with van der Waals surface area (Å²) in [6, 6.07) is 12.9. The fourth-order valence-corrected chi connectivity index (χ4v) is 2.98. The van der Waals surface area contributed by atoms with Gasteiger partial charge in [0.1, 0.15) is 11.9 Å². The maximum absolute atomic E-state index is 14.0. The monoisotopic (exact) mass is 334 g/mol. The van der Waals surface area contributed by atoms with E-state index in [2.05, 4.69) is 28.1 Å². The van der Waals surface area contributed by atoms with Crippen LogP contribution in [0.25, 0.3) is 0 Å². The minimum absolute atomic E-state index is 0.302. The summed E-state index contributed by atoms with van der Waals surface area (Å²) in [5, 5.41) is 10.3. The average Bonchev–Trinajstić information content (AvgIpc) is 2.40. The smallest absolute Gasteiger partial charge is 0.143 e. The van der Waals surface area contributed by atoms with Crippen LogP contribution in [0.5, 0.6) is 0 Å². The van der Waals surface area contributed by atoms with Crippen molar-refractivity contribution in [2.45, 2.75) is 31.3 Å². The lowest BCUT2D eigenvalue weighted by Gasteiger charge is -2.26. The molecule has 1 aliphatic carbocycles. The molecular formula is C17H16BrFO. The van der Waals surface area contributed by atoms with Gasteiger partial charge in [0.25, 0.3) is 0 Å². The first kappa shape index (κ1) is 13.8. The summed E-state index contributed by atoms with van der Waals surface area (Å²) in [5.41, 5.74) is 2.35. The summed E-state index contributed by atoms with van der Waals surface area (Å²) < 4.78 is 14.4. The molecule has 1 saturated carbocycles. The van der Waals surface area contributed by atoms with Gasteiger partial charge in [0.05, 0.1) is 4.47 Å². The molecule has 0 heterocycles. The Morgan fingerprint density at radius 2 is 1.80 bits per heavy atom. The molecule has 2 aromatic rings. The lowest BCUT2D eigenvalue weighted by molar-refractivity contribution is 0.214. The quantitative estimate of drug-likeness (QED) is 0.843. The van der Waals surface area contributed by atoms with Crippen LogP contribution in [0.15, 0.2) is 46.9 Å². The summed E-state index contributed by atoms with van der Waals surface area (Å²) in [4.78, 5) is 0. The molecule has 1 unspecified atom stereocenters. The van der Waals surface area contributed by atoms with Gasteiger partial charge in [0.15, 0.2) is 0 Å². The van der Waals surface area contributed by atoms with Gasteiger partial charge >= 0.3 is 0 Å². The van der Waals surface area contributed by atoms with Crippen LogP contribution in [-0.2, 0) is 0 Å². The molecule has 2 aromatic carbocycles.